The van der Waals surface area contributed by atoms with Gasteiger partial charge in [-0.2, -0.15) is 13.2 Å². The molecule has 26 heavy (non-hydrogen) atoms. The molecule has 2 aromatic carbocycles. The van der Waals surface area contributed by atoms with Gasteiger partial charge in [-0.15, -0.1) is 0 Å². The van der Waals surface area contributed by atoms with E-state index in [2.05, 4.69) is 9.97 Å². The Balaban J connectivity index is 1.95. The average molecular weight is 395 g/mol. The van der Waals surface area contributed by atoms with Crippen molar-refractivity contribution < 1.29 is 13.2 Å². The Bertz CT molecular complexity index is 911. The van der Waals surface area contributed by atoms with Crippen molar-refractivity contribution in [1.29, 1.82) is 0 Å². The van der Waals surface area contributed by atoms with Gasteiger partial charge in [-0.05, 0) is 24.6 Å². The number of hydrogen-bond donors (Lipinski definition) is 0. The van der Waals surface area contributed by atoms with E-state index in [4.69, 9.17) is 11.6 Å². The molecule has 0 fully saturated rings. The third-order valence-electron chi connectivity index (χ3n) is 3.66. The molecule has 7 heteroatoms. The molecule has 134 valence electrons. The summed E-state index contributed by atoms with van der Waals surface area (Å²) in [4.78, 5) is 7.98. The maximum absolute atomic E-state index is 13.2. The van der Waals surface area contributed by atoms with E-state index < -0.39 is 11.9 Å². The summed E-state index contributed by atoms with van der Waals surface area (Å²) in [7, 11) is 0. The first-order valence-corrected chi connectivity index (χ1v) is 9.09. The summed E-state index contributed by atoms with van der Waals surface area (Å²) in [6.07, 6.45) is -4.54. The van der Waals surface area contributed by atoms with E-state index in [9.17, 15) is 13.2 Å². The smallest absolute Gasteiger partial charge is 0.222 e. The Morgan fingerprint density at radius 1 is 1.00 bits per heavy atom. The molecule has 0 spiro atoms. The van der Waals surface area contributed by atoms with Crippen LogP contribution in [0.3, 0.4) is 0 Å². The van der Waals surface area contributed by atoms with Crippen LogP contribution in [0.1, 0.15) is 16.8 Å². The van der Waals surface area contributed by atoms with Crippen LogP contribution in [0.25, 0.3) is 11.3 Å². The molecule has 1 aromatic heterocycles. The van der Waals surface area contributed by atoms with Crippen molar-refractivity contribution >= 4 is 23.4 Å². The lowest BCUT2D eigenvalue weighted by Gasteiger charge is -2.11. The van der Waals surface area contributed by atoms with Crippen molar-refractivity contribution in [3.05, 3.63) is 76.4 Å². The number of aromatic nitrogens is 2. The minimum atomic E-state index is -4.54. The highest BCUT2D eigenvalue weighted by atomic mass is 35.5. The van der Waals surface area contributed by atoms with E-state index in [-0.39, 0.29) is 10.9 Å². The van der Waals surface area contributed by atoms with E-state index in [0.717, 1.165) is 29.0 Å². The zero-order valence-electron chi connectivity index (χ0n) is 13.7. The molecule has 0 atom stereocenters. The first kappa shape index (κ1) is 18.7. The number of halogens is 4. The Morgan fingerprint density at radius 3 is 2.35 bits per heavy atom. The first-order chi connectivity index (χ1) is 12.3. The zero-order valence-corrected chi connectivity index (χ0v) is 15.3. The Kier molecular flexibility index (Phi) is 5.53. The summed E-state index contributed by atoms with van der Waals surface area (Å²) >= 11 is 7.23. The number of benzene rings is 2. The molecule has 0 saturated carbocycles. The van der Waals surface area contributed by atoms with Gasteiger partial charge in [0.25, 0.3) is 0 Å². The SMILES string of the molecule is Cc1ccc(-c2cc(C(F)(F)F)nc(SCc3ccccc3Cl)n2)cc1. The molecule has 0 amide bonds. The topological polar surface area (TPSA) is 25.8 Å². The highest BCUT2D eigenvalue weighted by Gasteiger charge is 2.33. The van der Waals surface area contributed by atoms with Crippen LogP contribution in [-0.4, -0.2) is 9.97 Å². The molecule has 0 aliphatic carbocycles. The summed E-state index contributed by atoms with van der Waals surface area (Å²) in [6.45, 7) is 1.91. The van der Waals surface area contributed by atoms with Crippen LogP contribution in [0.2, 0.25) is 5.02 Å². The molecular weight excluding hydrogens is 381 g/mol. The van der Waals surface area contributed by atoms with Crippen molar-refractivity contribution in [3.63, 3.8) is 0 Å². The molecule has 0 N–H and O–H groups in total. The number of thioether (sulfide) groups is 1. The van der Waals surface area contributed by atoms with Gasteiger partial charge in [0.05, 0.1) is 5.69 Å². The summed E-state index contributed by atoms with van der Waals surface area (Å²) < 4.78 is 39.7. The highest BCUT2D eigenvalue weighted by Crippen LogP contribution is 2.33. The van der Waals surface area contributed by atoms with Gasteiger partial charge < -0.3 is 0 Å². The molecule has 3 rings (SSSR count). The molecule has 0 aliphatic heterocycles. The Labute approximate surface area is 158 Å². The van der Waals surface area contributed by atoms with Crippen LogP contribution in [0, 0.1) is 6.92 Å². The van der Waals surface area contributed by atoms with Crippen molar-refractivity contribution in [3.8, 4) is 11.3 Å². The van der Waals surface area contributed by atoms with Gasteiger partial charge >= 0.3 is 6.18 Å². The number of nitrogens with zero attached hydrogens (tertiary/aromatic N) is 2. The summed E-state index contributed by atoms with van der Waals surface area (Å²) in [5.74, 6) is 0.383. The minimum Gasteiger partial charge on any atom is -0.222 e. The molecule has 0 unspecified atom stereocenters. The lowest BCUT2D eigenvalue weighted by Crippen LogP contribution is -2.10. The maximum atomic E-state index is 13.2. The van der Waals surface area contributed by atoms with Crippen molar-refractivity contribution in [2.75, 3.05) is 0 Å². The Hall–Kier alpha value is -2.05. The standard InChI is InChI=1S/C19H14ClF3N2S/c1-12-6-8-13(9-7-12)16-10-17(19(21,22)23)25-18(24-16)26-11-14-4-2-3-5-15(14)20/h2-10H,11H2,1H3. The monoisotopic (exact) mass is 394 g/mol. The second kappa shape index (κ2) is 7.68. The van der Waals surface area contributed by atoms with Crippen LogP contribution < -0.4 is 0 Å². The molecule has 3 aromatic rings. The van der Waals surface area contributed by atoms with Crippen LogP contribution in [-0.2, 0) is 11.9 Å². The summed E-state index contributed by atoms with van der Waals surface area (Å²) in [6, 6.07) is 15.3. The van der Waals surface area contributed by atoms with Gasteiger partial charge in [0, 0.05) is 16.3 Å². The van der Waals surface area contributed by atoms with Gasteiger partial charge in [-0.3, -0.25) is 0 Å². The maximum Gasteiger partial charge on any atom is 0.433 e. The fourth-order valence-corrected chi connectivity index (χ4v) is 3.41. The second-order valence-electron chi connectivity index (χ2n) is 5.66. The molecule has 0 bridgehead atoms. The summed E-state index contributed by atoms with van der Waals surface area (Å²) in [5, 5.41) is 0.626. The van der Waals surface area contributed by atoms with E-state index >= 15 is 0 Å². The Morgan fingerprint density at radius 2 is 1.69 bits per heavy atom. The van der Waals surface area contributed by atoms with Crippen LogP contribution in [0.4, 0.5) is 13.2 Å². The molecular formula is C19H14ClF3N2S. The molecule has 0 saturated heterocycles. The average Bonchev–Trinajstić information content (AvgIpc) is 2.61. The predicted octanol–water partition coefficient (Wildman–Crippen LogP) is 6.42. The van der Waals surface area contributed by atoms with Crippen molar-refractivity contribution in [2.45, 2.75) is 24.0 Å². The first-order valence-electron chi connectivity index (χ1n) is 7.72. The third kappa shape index (κ3) is 4.56. The molecule has 0 aliphatic rings. The van der Waals surface area contributed by atoms with E-state index in [1.807, 2.05) is 31.2 Å². The lowest BCUT2D eigenvalue weighted by atomic mass is 10.1. The van der Waals surface area contributed by atoms with Crippen LogP contribution in [0.15, 0.2) is 59.8 Å². The van der Waals surface area contributed by atoms with E-state index in [1.54, 1.807) is 24.3 Å². The van der Waals surface area contributed by atoms with E-state index in [0.29, 0.717) is 16.3 Å². The van der Waals surface area contributed by atoms with Crippen molar-refractivity contribution in [2.24, 2.45) is 0 Å². The zero-order chi connectivity index (χ0) is 18.7. The normalized spacial score (nSPS) is 11.6. The van der Waals surface area contributed by atoms with Crippen molar-refractivity contribution in [1.82, 2.24) is 9.97 Å². The van der Waals surface area contributed by atoms with Gasteiger partial charge in [0.2, 0.25) is 0 Å². The summed E-state index contributed by atoms with van der Waals surface area (Å²) in [5.41, 5.74) is 1.74. The number of aryl methyl sites for hydroxylation is 1. The number of rotatable bonds is 4. The van der Waals surface area contributed by atoms with Gasteiger partial charge in [0.1, 0.15) is 5.69 Å². The second-order valence-corrected chi connectivity index (χ2v) is 7.01. The predicted molar refractivity (Wildman–Crippen MR) is 98.2 cm³/mol. The van der Waals surface area contributed by atoms with Crippen LogP contribution >= 0.6 is 23.4 Å². The molecule has 0 radical (unpaired) electrons. The molecule has 2 nitrogen and oxygen atoms in total. The number of hydrogen-bond acceptors (Lipinski definition) is 3. The fraction of sp³-hybridized carbons (Fsp3) is 0.158. The van der Waals surface area contributed by atoms with Crippen LogP contribution in [0.5, 0.6) is 0 Å². The lowest BCUT2D eigenvalue weighted by molar-refractivity contribution is -0.141. The largest absolute Gasteiger partial charge is 0.433 e. The highest BCUT2D eigenvalue weighted by molar-refractivity contribution is 7.98. The third-order valence-corrected chi connectivity index (χ3v) is 4.92. The minimum absolute atomic E-state index is 0.0651. The number of alkyl halides is 3. The fourth-order valence-electron chi connectivity index (χ4n) is 2.26. The molecule has 1 heterocycles. The quantitative estimate of drug-likeness (QED) is 0.377. The van der Waals surface area contributed by atoms with Gasteiger partial charge in [0.15, 0.2) is 5.16 Å². The van der Waals surface area contributed by atoms with Gasteiger partial charge in [-0.1, -0.05) is 71.4 Å². The van der Waals surface area contributed by atoms with E-state index in [1.165, 1.54) is 0 Å². The van der Waals surface area contributed by atoms with Gasteiger partial charge in [-0.25, -0.2) is 9.97 Å².